The third-order valence-electron chi connectivity index (χ3n) is 3.89. The van der Waals surface area contributed by atoms with Gasteiger partial charge in [-0.05, 0) is 61.5 Å². The summed E-state index contributed by atoms with van der Waals surface area (Å²) in [5.74, 6) is 0.222. The van der Waals surface area contributed by atoms with Gasteiger partial charge in [0, 0.05) is 17.6 Å². The molecule has 3 rings (SSSR count). The molecule has 0 aliphatic rings. The Hall–Kier alpha value is -3.94. The molecule has 0 fully saturated rings. The molecule has 2 aromatic carbocycles. The van der Waals surface area contributed by atoms with Crippen molar-refractivity contribution >= 4 is 35.1 Å². The molecule has 8 nitrogen and oxygen atoms in total. The number of rotatable bonds is 7. The lowest BCUT2D eigenvalue weighted by atomic mass is 10.2. The summed E-state index contributed by atoms with van der Waals surface area (Å²) in [5.41, 5.74) is 2.44. The molecule has 0 spiro atoms. The van der Waals surface area contributed by atoms with Crippen LogP contribution in [-0.4, -0.2) is 35.6 Å². The predicted molar refractivity (Wildman–Crippen MR) is 109 cm³/mol. The number of anilines is 4. The van der Waals surface area contributed by atoms with Crippen LogP contribution in [0.2, 0.25) is 0 Å². The van der Waals surface area contributed by atoms with E-state index in [1.807, 2.05) is 0 Å². The fourth-order valence-corrected chi connectivity index (χ4v) is 2.48. The molecule has 0 saturated heterocycles. The molecule has 0 aliphatic carbocycles. The number of aromatic nitrogens is 2. The van der Waals surface area contributed by atoms with Crippen LogP contribution < -0.4 is 10.6 Å². The monoisotopic (exact) mass is 392 g/mol. The molecule has 0 bridgehead atoms. The van der Waals surface area contributed by atoms with Gasteiger partial charge in [0.05, 0.1) is 24.8 Å². The van der Waals surface area contributed by atoms with Crippen LogP contribution in [-0.2, 0) is 9.47 Å². The zero-order valence-electron chi connectivity index (χ0n) is 16.0. The summed E-state index contributed by atoms with van der Waals surface area (Å²) < 4.78 is 9.65. The molecule has 0 unspecified atom stereocenters. The summed E-state index contributed by atoms with van der Waals surface area (Å²) >= 11 is 0. The van der Waals surface area contributed by atoms with Gasteiger partial charge < -0.3 is 20.1 Å². The number of carbonyl (C=O) groups excluding carboxylic acids is 2. The Bertz CT molecular complexity index is 988. The SMILES string of the molecule is CCOC(=O)c1ccc(Nc2nccc(Nc3ccc(C(=O)OC)cc3)n2)cc1. The average Bonchev–Trinajstić information content (AvgIpc) is 2.75. The molecular formula is C21H20N4O4. The third kappa shape index (κ3) is 5.29. The van der Waals surface area contributed by atoms with E-state index in [0.29, 0.717) is 29.5 Å². The first-order valence-electron chi connectivity index (χ1n) is 8.91. The summed E-state index contributed by atoms with van der Waals surface area (Å²) in [5, 5.41) is 6.23. The lowest BCUT2D eigenvalue weighted by Crippen LogP contribution is -2.05. The van der Waals surface area contributed by atoms with Gasteiger partial charge in [0.25, 0.3) is 0 Å². The standard InChI is InChI=1S/C21H20N4O4/c1-3-29-20(27)15-6-10-17(11-7-15)24-21-22-13-12-18(25-21)23-16-8-4-14(5-9-16)19(26)28-2/h4-13H,3H2,1-2H3,(H2,22,23,24,25). The lowest BCUT2D eigenvalue weighted by Gasteiger charge is -2.09. The minimum Gasteiger partial charge on any atom is -0.465 e. The van der Waals surface area contributed by atoms with Crippen LogP contribution >= 0.6 is 0 Å². The number of benzene rings is 2. The van der Waals surface area contributed by atoms with Crippen LogP contribution in [0.1, 0.15) is 27.6 Å². The van der Waals surface area contributed by atoms with Crippen molar-refractivity contribution in [2.24, 2.45) is 0 Å². The summed E-state index contributed by atoms with van der Waals surface area (Å²) in [6.07, 6.45) is 1.62. The fraction of sp³-hybridized carbons (Fsp3) is 0.143. The topological polar surface area (TPSA) is 102 Å². The van der Waals surface area contributed by atoms with E-state index in [0.717, 1.165) is 11.4 Å². The second kappa shape index (κ2) is 9.32. The zero-order chi connectivity index (χ0) is 20.6. The molecular weight excluding hydrogens is 372 g/mol. The largest absolute Gasteiger partial charge is 0.465 e. The summed E-state index contributed by atoms with van der Waals surface area (Å²) in [4.78, 5) is 31.8. The highest BCUT2D eigenvalue weighted by molar-refractivity contribution is 5.90. The van der Waals surface area contributed by atoms with E-state index in [1.54, 1.807) is 67.7 Å². The van der Waals surface area contributed by atoms with E-state index in [9.17, 15) is 9.59 Å². The summed E-state index contributed by atoms with van der Waals surface area (Å²) in [6.45, 7) is 2.09. The van der Waals surface area contributed by atoms with Crippen LogP contribution in [0.5, 0.6) is 0 Å². The number of nitrogens with zero attached hydrogens (tertiary/aromatic N) is 2. The van der Waals surface area contributed by atoms with Gasteiger partial charge in [-0.2, -0.15) is 4.98 Å². The van der Waals surface area contributed by atoms with Crippen LogP contribution in [0, 0.1) is 0 Å². The number of methoxy groups -OCH3 is 1. The second-order valence-electron chi connectivity index (χ2n) is 5.88. The van der Waals surface area contributed by atoms with E-state index in [2.05, 4.69) is 25.3 Å². The Kier molecular flexibility index (Phi) is 6.36. The molecule has 3 aromatic rings. The third-order valence-corrected chi connectivity index (χ3v) is 3.89. The van der Waals surface area contributed by atoms with Gasteiger partial charge >= 0.3 is 11.9 Å². The van der Waals surface area contributed by atoms with Crippen molar-refractivity contribution in [2.45, 2.75) is 6.92 Å². The van der Waals surface area contributed by atoms with Gasteiger partial charge in [-0.25, -0.2) is 14.6 Å². The maximum absolute atomic E-state index is 11.7. The van der Waals surface area contributed by atoms with E-state index in [1.165, 1.54) is 7.11 Å². The number of hydrogen-bond acceptors (Lipinski definition) is 8. The van der Waals surface area contributed by atoms with E-state index < -0.39 is 0 Å². The van der Waals surface area contributed by atoms with Gasteiger partial charge in [-0.3, -0.25) is 0 Å². The van der Waals surface area contributed by atoms with E-state index in [4.69, 9.17) is 4.74 Å². The number of hydrogen-bond donors (Lipinski definition) is 2. The first-order chi connectivity index (χ1) is 14.1. The van der Waals surface area contributed by atoms with Gasteiger partial charge in [0.15, 0.2) is 0 Å². The van der Waals surface area contributed by atoms with Crippen molar-refractivity contribution in [3.8, 4) is 0 Å². The summed E-state index contributed by atoms with van der Waals surface area (Å²) in [7, 11) is 1.34. The smallest absolute Gasteiger partial charge is 0.338 e. The maximum atomic E-state index is 11.7. The van der Waals surface area contributed by atoms with E-state index >= 15 is 0 Å². The molecule has 29 heavy (non-hydrogen) atoms. The number of esters is 2. The van der Waals surface area contributed by atoms with Crippen molar-refractivity contribution in [1.82, 2.24) is 9.97 Å². The predicted octanol–water partition coefficient (Wildman–Crippen LogP) is 3.93. The van der Waals surface area contributed by atoms with Crippen LogP contribution in [0.3, 0.4) is 0 Å². The Labute approximate surface area is 167 Å². The molecule has 0 radical (unpaired) electrons. The minimum absolute atomic E-state index is 0.331. The van der Waals surface area contributed by atoms with Gasteiger partial charge in [0.1, 0.15) is 5.82 Å². The first kappa shape index (κ1) is 19.8. The van der Waals surface area contributed by atoms with Crippen LogP contribution in [0.25, 0.3) is 0 Å². The summed E-state index contributed by atoms with van der Waals surface area (Å²) in [6, 6.07) is 15.4. The van der Waals surface area contributed by atoms with Gasteiger partial charge in [-0.1, -0.05) is 0 Å². The molecule has 1 aromatic heterocycles. The van der Waals surface area contributed by atoms with Crippen molar-refractivity contribution in [1.29, 1.82) is 0 Å². The van der Waals surface area contributed by atoms with Crippen molar-refractivity contribution in [3.05, 3.63) is 71.9 Å². The van der Waals surface area contributed by atoms with Crippen LogP contribution in [0.15, 0.2) is 60.8 Å². The Morgan fingerprint density at radius 3 is 2.03 bits per heavy atom. The number of carbonyl (C=O) groups is 2. The molecule has 0 atom stereocenters. The Balaban J connectivity index is 1.66. The Morgan fingerprint density at radius 2 is 1.45 bits per heavy atom. The fourth-order valence-electron chi connectivity index (χ4n) is 2.48. The lowest BCUT2D eigenvalue weighted by molar-refractivity contribution is 0.0525. The quantitative estimate of drug-likeness (QED) is 0.583. The average molecular weight is 392 g/mol. The molecule has 0 saturated carbocycles. The van der Waals surface area contributed by atoms with Crippen LogP contribution in [0.4, 0.5) is 23.1 Å². The highest BCUT2D eigenvalue weighted by atomic mass is 16.5. The number of nitrogens with one attached hydrogen (secondary N) is 2. The molecule has 0 aliphatic heterocycles. The molecule has 148 valence electrons. The molecule has 8 heteroatoms. The zero-order valence-corrected chi connectivity index (χ0v) is 16.0. The highest BCUT2D eigenvalue weighted by Gasteiger charge is 2.07. The maximum Gasteiger partial charge on any atom is 0.338 e. The molecule has 2 N–H and O–H groups in total. The van der Waals surface area contributed by atoms with E-state index in [-0.39, 0.29) is 11.9 Å². The molecule has 1 heterocycles. The van der Waals surface area contributed by atoms with Crippen molar-refractivity contribution < 1.29 is 19.1 Å². The van der Waals surface area contributed by atoms with Gasteiger partial charge in [0.2, 0.25) is 5.95 Å². The minimum atomic E-state index is -0.390. The highest BCUT2D eigenvalue weighted by Crippen LogP contribution is 2.19. The van der Waals surface area contributed by atoms with Crippen molar-refractivity contribution in [2.75, 3.05) is 24.4 Å². The number of ether oxygens (including phenoxy) is 2. The molecule has 0 amide bonds. The Morgan fingerprint density at radius 1 is 0.862 bits per heavy atom. The first-order valence-corrected chi connectivity index (χ1v) is 8.91. The van der Waals surface area contributed by atoms with Crippen molar-refractivity contribution in [3.63, 3.8) is 0 Å². The van der Waals surface area contributed by atoms with Gasteiger partial charge in [-0.15, -0.1) is 0 Å². The second-order valence-corrected chi connectivity index (χ2v) is 5.88. The normalized spacial score (nSPS) is 10.1.